The van der Waals surface area contributed by atoms with Gasteiger partial charge in [-0.1, -0.05) is 107 Å². The zero-order valence-corrected chi connectivity index (χ0v) is 73.9. The molecule has 7 heterocycles. The second kappa shape index (κ2) is 45.8. The number of benzene rings is 5. The van der Waals surface area contributed by atoms with Crippen LogP contribution in [0.25, 0.3) is 11.1 Å². The molecule has 0 aliphatic carbocycles. The van der Waals surface area contributed by atoms with E-state index in [9.17, 15) is 95.5 Å². The fourth-order valence-electron chi connectivity index (χ4n) is 16.1. The lowest BCUT2D eigenvalue weighted by molar-refractivity contribution is -0.334. The van der Waals surface area contributed by atoms with E-state index in [1.807, 2.05) is 0 Å². The highest BCUT2D eigenvalue weighted by Gasteiger charge is 2.53. The largest absolute Gasteiger partial charge is 0.507 e. The Hall–Kier alpha value is -10.5. The number of aromatic hydroxyl groups is 3. The summed E-state index contributed by atoms with van der Waals surface area (Å²) >= 11 is 14.4. The number of aliphatic carboxylic acids is 1. The SMILES string of the molecule is CCCCCCCCCCC(=O)N[C@@]1(C)C[C@H](O[C@H]2[C@H](Oc3c4cc5cc3Oc3ccc(cc3Cl)[C@@H](O)[C@@H](NC(=O)[C@@H](CC(C)C)NC)C(=O)N[C@@H](CC(N)=O)C(=O)N[C@H]5C(=O)N[C@H]3C(=O)N[C@H](C(=O)N[C@H](C(=O)O)c5cc(O)c(CNCCCNC(=O)[C@H](O)[C@@H](O)[C@H](O)[C@H](O)CO)c(O)c5-c5cc3ccc5O)[C@H](O)c3ccc(c(Cl)c3)O4)O[C@H](CO)[C@@H](O)[C@@H]2O)O[C@@H](C)[C@H]1O. The van der Waals surface area contributed by atoms with Gasteiger partial charge in [-0.2, -0.15) is 0 Å². The smallest absolute Gasteiger partial charge is 0.330 e. The third-order valence-electron chi connectivity index (χ3n) is 23.4. The molecule has 0 radical (unpaired) electrons. The minimum Gasteiger partial charge on any atom is -0.507 e. The summed E-state index contributed by atoms with van der Waals surface area (Å²) in [6, 6.07) is -2.66. The summed E-state index contributed by atoms with van der Waals surface area (Å²) in [4.78, 5) is 146. The molecule has 0 saturated carbocycles. The van der Waals surface area contributed by atoms with Gasteiger partial charge in [-0.05, 0) is 129 Å². The number of unbranched alkanes of at least 4 members (excludes halogenated alkanes) is 7. The first-order valence-corrected chi connectivity index (χ1v) is 43.7. The van der Waals surface area contributed by atoms with Gasteiger partial charge in [-0.25, -0.2) is 4.79 Å². The maximum Gasteiger partial charge on any atom is 0.330 e. The summed E-state index contributed by atoms with van der Waals surface area (Å²) in [7, 11) is 1.45. The molecule has 131 heavy (non-hydrogen) atoms. The second-order valence-corrected chi connectivity index (χ2v) is 34.5. The number of primary amides is 1. The number of hydrogen-bond donors (Lipinski definition) is 26. The molecule has 2 fully saturated rings. The molecule has 27 N–H and O–H groups in total. The van der Waals surface area contributed by atoms with Crippen LogP contribution in [0, 0.1) is 5.92 Å². The first kappa shape index (κ1) is 103. The molecule has 0 unspecified atom stereocenters. The van der Waals surface area contributed by atoms with Crippen LogP contribution in [0.4, 0.5) is 0 Å². The number of phenols is 3. The summed E-state index contributed by atoms with van der Waals surface area (Å²) in [5.74, 6) is -18.9. The molecule has 5 aromatic carbocycles. The molecular formula is C87H115Cl2N11O31. The van der Waals surface area contributed by atoms with Crippen LogP contribution in [0.15, 0.2) is 72.8 Å². The molecule has 7 aliphatic rings. The van der Waals surface area contributed by atoms with Gasteiger partial charge in [0, 0.05) is 42.6 Å². The van der Waals surface area contributed by atoms with Crippen LogP contribution in [-0.4, -0.2) is 272 Å². The topological polar surface area (TPSA) is 676 Å². The van der Waals surface area contributed by atoms with Crippen LogP contribution < -0.4 is 73.1 Å². The molecule has 22 atom stereocenters. The van der Waals surface area contributed by atoms with Crippen LogP contribution in [0.1, 0.15) is 182 Å². The standard InChI is InChI=1S/C87H115Cl2N11O31/c1-7-8-9-10-11-12-13-14-16-59(107)100-87(5)33-60(126-38(4)77(87)116)130-76-73(114)71(112)57(36-102)129-86(76)131-75-55-29-42-30-56(75)128-54-22-19-41(28-47(54)89)68(109)66-83(122)97-64(85(124)125)44-31-51(104)45(34-92-23-15-24-93-84(123)74(115)72(113)70(111)52(105)35-101)69(110)61(44)43-26-39(17-20-50(43)103)62(80(119)99-66)96-81(120)63(42)95-79(118)49(32-58(90)106)94-82(121)65(98-78(117)48(91-6)25-37(2)3)67(108)40-18-21-53(127-55)46(88)27-40/h17-22,26-31,37-38,48-49,52,57,60,62-68,70-74,76-77,86,91-92,101-105,108-116H,7-16,23-25,32-36H2,1-6H3,(H2,90,106)(H,93,123)(H,94,121)(H,95,118)(H,96,120)(H,97,122)(H,98,117)(H,99,119)(H,100,107)(H,124,125)/t38-,48+,49-,52+,57+,60-,62+,63+,64-,65+,66-,67+,68+,70+,71+,72-,73-,74+,76+,77+,86-,87-/m0/s1. The van der Waals surface area contributed by atoms with Crippen LogP contribution in [0.3, 0.4) is 0 Å². The Balaban J connectivity index is 1.15. The zero-order chi connectivity index (χ0) is 95.9. The van der Waals surface area contributed by atoms with Crippen molar-refractivity contribution in [3.63, 3.8) is 0 Å². The first-order valence-electron chi connectivity index (χ1n) is 42.9. The Morgan fingerprint density at radius 1 is 0.664 bits per heavy atom. The van der Waals surface area contributed by atoms with Crippen molar-refractivity contribution in [1.29, 1.82) is 0 Å². The highest BCUT2D eigenvalue weighted by molar-refractivity contribution is 6.32. The van der Waals surface area contributed by atoms with Crippen LogP contribution in [-0.2, 0) is 68.7 Å². The van der Waals surface area contributed by atoms with Gasteiger partial charge in [0.05, 0.1) is 52.9 Å². The number of phenolic OH excluding ortho intramolecular Hbond substituents is 3. The number of carboxylic acids is 1. The quantitative estimate of drug-likeness (QED) is 0.0238. The van der Waals surface area contributed by atoms with E-state index in [0.717, 1.165) is 112 Å². The second-order valence-electron chi connectivity index (χ2n) is 33.7. The van der Waals surface area contributed by atoms with Crippen molar-refractivity contribution >= 4 is 82.3 Å². The van der Waals surface area contributed by atoms with Crippen molar-refractivity contribution in [1.82, 2.24) is 53.2 Å². The molecule has 0 aromatic heterocycles. The predicted molar refractivity (Wildman–Crippen MR) is 461 cm³/mol. The van der Waals surface area contributed by atoms with Crippen molar-refractivity contribution in [2.24, 2.45) is 11.7 Å². The Kier molecular flexibility index (Phi) is 35.9. The van der Waals surface area contributed by atoms with Gasteiger partial charge in [0.1, 0.15) is 114 Å². The molecule has 9 amide bonds. The maximum absolute atomic E-state index is 16.5. The minimum atomic E-state index is -2.45. The van der Waals surface area contributed by atoms with Crippen molar-refractivity contribution in [3.05, 3.63) is 116 Å². The number of halogens is 2. The minimum absolute atomic E-state index is 0.0201. The average molecular weight is 1880 g/mol. The van der Waals surface area contributed by atoms with Gasteiger partial charge < -0.3 is 164 Å². The normalized spacial score (nSPS) is 26.3. The monoisotopic (exact) mass is 1880 g/mol. The number of likely N-dealkylation sites (N-methyl/N-ethyl adjacent to an activating group) is 1. The molecule has 11 bridgehead atoms. The van der Waals surface area contributed by atoms with Crippen molar-refractivity contribution in [3.8, 4) is 57.1 Å². The fraction of sp³-hybridized carbons (Fsp3) is 0.540. The van der Waals surface area contributed by atoms with Crippen LogP contribution in [0.2, 0.25) is 10.0 Å². The number of carbonyl (C=O) groups is 10. The van der Waals surface area contributed by atoms with E-state index >= 15 is 24.0 Å². The lowest BCUT2D eigenvalue weighted by Crippen LogP contribution is -2.66. The highest BCUT2D eigenvalue weighted by atomic mass is 35.5. The number of ether oxygens (including phenoxy) is 6. The molecule has 12 rings (SSSR count). The number of amides is 9. The number of nitrogens with two attached hydrogens (primary N) is 1. The van der Waals surface area contributed by atoms with E-state index < -0.39 is 308 Å². The van der Waals surface area contributed by atoms with Gasteiger partial charge in [-0.15, -0.1) is 0 Å². The maximum atomic E-state index is 16.5. The number of carboxylic acid groups (broad SMARTS) is 1. The Morgan fingerprint density at radius 3 is 1.88 bits per heavy atom. The molecule has 5 aromatic rings. The van der Waals surface area contributed by atoms with Gasteiger partial charge in [0.15, 0.2) is 36.0 Å². The summed E-state index contributed by atoms with van der Waals surface area (Å²) in [5.41, 5.74) is 0.335. The number of hydrogen-bond acceptors (Lipinski definition) is 32. The van der Waals surface area contributed by atoms with E-state index in [1.165, 1.54) is 20.0 Å². The van der Waals surface area contributed by atoms with E-state index in [-0.39, 0.29) is 55.8 Å². The van der Waals surface area contributed by atoms with E-state index in [1.54, 1.807) is 20.8 Å². The van der Waals surface area contributed by atoms with Gasteiger partial charge in [0.2, 0.25) is 59.3 Å². The lowest BCUT2D eigenvalue weighted by atomic mass is 9.84. The Bertz CT molecular complexity index is 4940. The summed E-state index contributed by atoms with van der Waals surface area (Å²) in [6.07, 6.45) is -20.8. The van der Waals surface area contributed by atoms with E-state index in [0.29, 0.717) is 6.42 Å². The third-order valence-corrected chi connectivity index (χ3v) is 23.9. The number of carbonyl (C=O) groups excluding carboxylic acids is 9. The van der Waals surface area contributed by atoms with Crippen molar-refractivity contribution in [2.45, 2.75) is 258 Å². The number of aliphatic hydroxyl groups excluding tert-OH is 11. The number of nitrogens with one attached hydrogen (secondary N) is 10. The van der Waals surface area contributed by atoms with Crippen molar-refractivity contribution < 1.29 is 153 Å². The summed E-state index contributed by atoms with van der Waals surface area (Å²) in [5, 5.41) is 193. The van der Waals surface area contributed by atoms with Gasteiger partial charge >= 0.3 is 5.97 Å². The third kappa shape index (κ3) is 24.9. The molecule has 44 heteroatoms. The molecular weight excluding hydrogens is 1770 g/mol. The molecule has 42 nitrogen and oxygen atoms in total. The molecule has 7 aliphatic heterocycles. The zero-order valence-electron chi connectivity index (χ0n) is 72.4. The molecule has 2 saturated heterocycles. The van der Waals surface area contributed by atoms with Crippen molar-refractivity contribution in [2.75, 3.05) is 33.4 Å². The fourth-order valence-corrected chi connectivity index (χ4v) is 16.5. The first-order chi connectivity index (χ1) is 62.1. The van der Waals surface area contributed by atoms with Gasteiger partial charge in [-0.3, -0.25) is 43.2 Å². The highest BCUT2D eigenvalue weighted by Crippen LogP contribution is 2.51. The number of rotatable bonds is 34. The summed E-state index contributed by atoms with van der Waals surface area (Å²) < 4.78 is 39.3. The molecule has 0 spiro atoms. The van der Waals surface area contributed by atoms with Crippen LogP contribution in [0.5, 0.6) is 46.0 Å². The number of aliphatic hydroxyl groups is 11. The summed E-state index contributed by atoms with van der Waals surface area (Å²) in [6.45, 7) is 5.78. The van der Waals surface area contributed by atoms with E-state index in [2.05, 4.69) is 60.1 Å². The Labute approximate surface area is 761 Å². The van der Waals surface area contributed by atoms with Crippen LogP contribution >= 0.6 is 23.2 Å². The average Bonchev–Trinajstić information content (AvgIpc) is 0.757. The van der Waals surface area contributed by atoms with E-state index in [4.69, 9.17) is 62.5 Å². The predicted octanol–water partition coefficient (Wildman–Crippen LogP) is -0.174. The lowest BCUT2D eigenvalue weighted by Gasteiger charge is -2.48. The van der Waals surface area contributed by atoms with Gasteiger partial charge in [0.25, 0.3) is 5.91 Å². The molecule has 718 valence electrons. The number of fused-ring (bicyclic) bond motifs is 15. The Morgan fingerprint density at radius 2 is 1.27 bits per heavy atom.